The van der Waals surface area contributed by atoms with Gasteiger partial charge in [0.25, 0.3) is 0 Å². The van der Waals surface area contributed by atoms with E-state index < -0.39 is 10.0 Å². The van der Waals surface area contributed by atoms with Crippen LogP contribution in [0.15, 0.2) is 24.3 Å². The molecule has 2 rings (SSSR count). The van der Waals surface area contributed by atoms with Crippen LogP contribution in [0.25, 0.3) is 0 Å². The molecule has 1 aromatic rings. The molecule has 118 valence electrons. The lowest BCUT2D eigenvalue weighted by Gasteiger charge is -2.37. The van der Waals surface area contributed by atoms with Crippen molar-refractivity contribution in [2.75, 3.05) is 46.0 Å². The molecule has 1 saturated heterocycles. The molecule has 1 heterocycles. The third kappa shape index (κ3) is 4.67. The van der Waals surface area contributed by atoms with E-state index in [-0.39, 0.29) is 11.8 Å². The van der Waals surface area contributed by atoms with Crippen molar-refractivity contribution in [2.45, 2.75) is 11.8 Å². The molecule has 3 N–H and O–H groups in total. The van der Waals surface area contributed by atoms with Gasteiger partial charge in [0, 0.05) is 37.9 Å². The van der Waals surface area contributed by atoms with E-state index in [9.17, 15) is 8.42 Å². The molecule has 21 heavy (non-hydrogen) atoms. The Bertz CT molecular complexity index is 576. The Balaban J connectivity index is 1.94. The summed E-state index contributed by atoms with van der Waals surface area (Å²) >= 11 is 0. The third-order valence-electron chi connectivity index (χ3n) is 3.92. The van der Waals surface area contributed by atoms with Crippen LogP contribution in [0.3, 0.4) is 0 Å². The van der Waals surface area contributed by atoms with E-state index in [0.29, 0.717) is 17.8 Å². The molecule has 1 atom stereocenters. The summed E-state index contributed by atoms with van der Waals surface area (Å²) in [6.07, 6.45) is 0. The highest BCUT2D eigenvalue weighted by Gasteiger charge is 2.24. The summed E-state index contributed by atoms with van der Waals surface area (Å²) < 4.78 is 27.1. The van der Waals surface area contributed by atoms with Crippen molar-refractivity contribution in [3.63, 3.8) is 0 Å². The van der Waals surface area contributed by atoms with Gasteiger partial charge in [0.2, 0.25) is 10.0 Å². The van der Waals surface area contributed by atoms with E-state index in [1.165, 1.54) is 0 Å². The lowest BCUT2D eigenvalue weighted by atomic mass is 10.2. The number of nitrogens with one attached hydrogen (secondary N) is 1. The van der Waals surface area contributed by atoms with E-state index >= 15 is 0 Å². The van der Waals surface area contributed by atoms with Crippen molar-refractivity contribution in [2.24, 2.45) is 0 Å². The molecule has 1 fully saturated rings. The average Bonchev–Trinajstić information content (AvgIpc) is 2.42. The number of hydrogen-bond donors (Lipinski definition) is 2. The molecule has 0 spiro atoms. The molecule has 0 amide bonds. The van der Waals surface area contributed by atoms with Gasteiger partial charge < -0.3 is 10.6 Å². The second-order valence-electron chi connectivity index (χ2n) is 5.70. The summed E-state index contributed by atoms with van der Waals surface area (Å²) in [4.78, 5) is 4.41. The van der Waals surface area contributed by atoms with Crippen molar-refractivity contribution < 1.29 is 8.42 Å². The molecule has 6 nitrogen and oxygen atoms in total. The lowest BCUT2D eigenvalue weighted by molar-refractivity contribution is 0.117. The van der Waals surface area contributed by atoms with Crippen molar-refractivity contribution in [3.8, 4) is 0 Å². The minimum atomic E-state index is -3.37. The maximum absolute atomic E-state index is 12.2. The van der Waals surface area contributed by atoms with Crippen LogP contribution in [-0.2, 0) is 15.8 Å². The SMILES string of the molecule is CN1CCN(C)C(CNS(=O)(=O)Cc2ccccc2N)C1. The van der Waals surface area contributed by atoms with Gasteiger partial charge in [-0.1, -0.05) is 18.2 Å². The Morgan fingerprint density at radius 2 is 2.00 bits per heavy atom. The zero-order chi connectivity index (χ0) is 15.5. The van der Waals surface area contributed by atoms with Crippen LogP contribution in [0.2, 0.25) is 0 Å². The maximum Gasteiger partial charge on any atom is 0.215 e. The van der Waals surface area contributed by atoms with E-state index in [2.05, 4.69) is 21.6 Å². The van der Waals surface area contributed by atoms with Gasteiger partial charge in [-0.15, -0.1) is 0 Å². The fourth-order valence-electron chi connectivity index (χ4n) is 2.47. The quantitative estimate of drug-likeness (QED) is 0.745. The number of nitrogens with zero attached hydrogens (tertiary/aromatic N) is 2. The Labute approximate surface area is 127 Å². The Kier molecular flexibility index (Phi) is 5.21. The number of sulfonamides is 1. The fraction of sp³-hybridized carbons (Fsp3) is 0.571. The van der Waals surface area contributed by atoms with Gasteiger partial charge in [0.05, 0.1) is 5.75 Å². The number of benzene rings is 1. The lowest BCUT2D eigenvalue weighted by Crippen LogP contribution is -2.54. The first-order chi connectivity index (χ1) is 9.87. The summed E-state index contributed by atoms with van der Waals surface area (Å²) in [7, 11) is 0.711. The highest BCUT2D eigenvalue weighted by molar-refractivity contribution is 7.88. The van der Waals surface area contributed by atoms with Gasteiger partial charge in [-0.25, -0.2) is 13.1 Å². The predicted octanol–water partition coefficient (Wildman–Crippen LogP) is -0.0660. The number of hydrogen-bond acceptors (Lipinski definition) is 5. The van der Waals surface area contributed by atoms with E-state index in [0.717, 1.165) is 19.6 Å². The van der Waals surface area contributed by atoms with E-state index in [4.69, 9.17) is 5.73 Å². The van der Waals surface area contributed by atoms with Gasteiger partial charge in [-0.05, 0) is 25.7 Å². The summed E-state index contributed by atoms with van der Waals surface area (Å²) in [5.41, 5.74) is 6.95. The van der Waals surface area contributed by atoms with Gasteiger partial charge in [0.1, 0.15) is 0 Å². The molecule has 1 aliphatic heterocycles. The summed E-state index contributed by atoms with van der Waals surface area (Å²) in [5, 5.41) is 0. The fourth-order valence-corrected chi connectivity index (χ4v) is 3.69. The largest absolute Gasteiger partial charge is 0.398 e. The van der Waals surface area contributed by atoms with E-state index in [1.807, 2.05) is 7.05 Å². The standard InChI is InChI=1S/C14H24N4O2S/c1-17-7-8-18(2)13(10-17)9-16-21(19,20)11-12-5-3-4-6-14(12)15/h3-6,13,16H,7-11,15H2,1-2H3. The minimum Gasteiger partial charge on any atom is -0.398 e. The second-order valence-corrected chi connectivity index (χ2v) is 7.51. The summed E-state index contributed by atoms with van der Waals surface area (Å²) in [6, 6.07) is 7.26. The van der Waals surface area contributed by atoms with Crippen LogP contribution in [0, 0.1) is 0 Å². The van der Waals surface area contributed by atoms with Gasteiger partial charge in [-0.3, -0.25) is 4.90 Å². The van der Waals surface area contributed by atoms with Crippen LogP contribution in [0.4, 0.5) is 5.69 Å². The minimum absolute atomic E-state index is 0.0774. The number of para-hydroxylation sites is 1. The number of rotatable bonds is 5. The normalized spacial score (nSPS) is 21.5. The first-order valence-corrected chi connectivity index (χ1v) is 8.72. The molecule has 7 heteroatoms. The summed E-state index contributed by atoms with van der Waals surface area (Å²) in [6.45, 7) is 3.26. The second kappa shape index (κ2) is 6.74. The van der Waals surface area contributed by atoms with Gasteiger partial charge in [-0.2, -0.15) is 0 Å². The summed E-state index contributed by atoms with van der Waals surface area (Å²) in [5.74, 6) is -0.0774. The molecule has 1 aliphatic rings. The van der Waals surface area contributed by atoms with Crippen molar-refractivity contribution in [1.82, 2.24) is 14.5 Å². The van der Waals surface area contributed by atoms with Gasteiger partial charge >= 0.3 is 0 Å². The molecule has 0 saturated carbocycles. The number of likely N-dealkylation sites (N-methyl/N-ethyl adjacent to an activating group) is 2. The Morgan fingerprint density at radius 3 is 2.71 bits per heavy atom. The number of piperazine rings is 1. The average molecular weight is 312 g/mol. The van der Waals surface area contributed by atoms with Gasteiger partial charge in [0.15, 0.2) is 0 Å². The molecular weight excluding hydrogens is 288 g/mol. The first kappa shape index (κ1) is 16.2. The van der Waals surface area contributed by atoms with Crippen molar-refractivity contribution in [1.29, 1.82) is 0 Å². The zero-order valence-corrected chi connectivity index (χ0v) is 13.4. The molecule has 1 unspecified atom stereocenters. The highest BCUT2D eigenvalue weighted by Crippen LogP contribution is 2.14. The Morgan fingerprint density at radius 1 is 1.29 bits per heavy atom. The predicted molar refractivity (Wildman–Crippen MR) is 85.4 cm³/mol. The molecule has 0 aromatic heterocycles. The first-order valence-electron chi connectivity index (χ1n) is 7.07. The molecule has 0 radical (unpaired) electrons. The third-order valence-corrected chi connectivity index (χ3v) is 5.22. The van der Waals surface area contributed by atoms with Crippen molar-refractivity contribution in [3.05, 3.63) is 29.8 Å². The van der Waals surface area contributed by atoms with Crippen LogP contribution >= 0.6 is 0 Å². The number of anilines is 1. The Hall–Kier alpha value is -1.15. The molecule has 0 bridgehead atoms. The van der Waals surface area contributed by atoms with Crippen LogP contribution in [0.1, 0.15) is 5.56 Å². The zero-order valence-electron chi connectivity index (χ0n) is 12.6. The monoisotopic (exact) mass is 312 g/mol. The van der Waals surface area contributed by atoms with Crippen LogP contribution < -0.4 is 10.5 Å². The van der Waals surface area contributed by atoms with Crippen LogP contribution in [-0.4, -0.2) is 64.5 Å². The van der Waals surface area contributed by atoms with Crippen LogP contribution in [0.5, 0.6) is 0 Å². The van der Waals surface area contributed by atoms with E-state index in [1.54, 1.807) is 24.3 Å². The molecule has 1 aromatic carbocycles. The number of nitrogens with two attached hydrogens (primary N) is 1. The topological polar surface area (TPSA) is 78.7 Å². The maximum atomic E-state index is 12.2. The van der Waals surface area contributed by atoms with Crippen molar-refractivity contribution >= 4 is 15.7 Å². The highest BCUT2D eigenvalue weighted by atomic mass is 32.2. The molecular formula is C14H24N4O2S. The smallest absolute Gasteiger partial charge is 0.215 e. The number of nitrogen functional groups attached to an aromatic ring is 1. The molecule has 0 aliphatic carbocycles.